The third-order valence-electron chi connectivity index (χ3n) is 3.68. The molecule has 4 N–H and O–H groups in total. The molecule has 134 valence electrons. The van der Waals surface area contributed by atoms with E-state index >= 15 is 0 Å². The summed E-state index contributed by atoms with van der Waals surface area (Å²) in [7, 11) is 0. The monoisotopic (exact) mass is 361 g/mol. The maximum absolute atomic E-state index is 12.5. The number of hydrogen-bond donors (Lipinski definition) is 3. The molecule has 0 radical (unpaired) electrons. The van der Waals surface area contributed by atoms with Crippen LogP contribution in [0.3, 0.4) is 0 Å². The number of amides is 2. The number of benzene rings is 2. The van der Waals surface area contributed by atoms with E-state index in [0.717, 1.165) is 5.56 Å². The highest BCUT2D eigenvalue weighted by molar-refractivity contribution is 5.97. The molecule has 5 nitrogen and oxygen atoms in total. The van der Waals surface area contributed by atoms with E-state index in [-0.39, 0.29) is 36.7 Å². The van der Waals surface area contributed by atoms with Crippen molar-refractivity contribution in [2.75, 3.05) is 17.2 Å². The number of hydrogen-bond acceptors (Lipinski definition) is 3. The fourth-order valence-corrected chi connectivity index (χ4v) is 2.27. The second kappa shape index (κ2) is 9.81. The van der Waals surface area contributed by atoms with Crippen molar-refractivity contribution in [3.8, 4) is 0 Å². The van der Waals surface area contributed by atoms with E-state index in [9.17, 15) is 9.59 Å². The number of carbonyl (C=O) groups is 2. The van der Waals surface area contributed by atoms with Crippen LogP contribution in [0.4, 0.5) is 11.4 Å². The van der Waals surface area contributed by atoms with Crippen molar-refractivity contribution in [1.29, 1.82) is 0 Å². The summed E-state index contributed by atoms with van der Waals surface area (Å²) >= 11 is 0. The molecule has 0 heterocycles. The SMILES string of the molecule is CC(C)C(=O)Nc1cccc(NC(=O)C(CN)c2ccccc2)c1.Cl. The standard InChI is InChI=1S/C19H23N3O2.ClH/c1-13(2)18(23)21-15-9-6-10-16(11-15)22-19(24)17(12-20)14-7-4-3-5-8-14;/h3-11,13,17H,12,20H2,1-2H3,(H,21,23)(H,22,24);1H. The number of anilines is 2. The van der Waals surface area contributed by atoms with E-state index in [1.807, 2.05) is 44.2 Å². The normalized spacial score (nSPS) is 11.4. The zero-order valence-electron chi connectivity index (χ0n) is 14.4. The Morgan fingerprint density at radius 3 is 2.00 bits per heavy atom. The minimum atomic E-state index is -0.417. The molecule has 25 heavy (non-hydrogen) atoms. The van der Waals surface area contributed by atoms with Gasteiger partial charge in [-0.2, -0.15) is 0 Å². The largest absolute Gasteiger partial charge is 0.329 e. The molecule has 0 spiro atoms. The molecular weight excluding hydrogens is 338 g/mol. The minimum Gasteiger partial charge on any atom is -0.329 e. The number of halogens is 1. The topological polar surface area (TPSA) is 84.2 Å². The summed E-state index contributed by atoms with van der Waals surface area (Å²) in [5, 5.41) is 5.68. The summed E-state index contributed by atoms with van der Waals surface area (Å²) in [4.78, 5) is 24.3. The molecule has 2 rings (SSSR count). The Morgan fingerprint density at radius 1 is 0.920 bits per heavy atom. The maximum Gasteiger partial charge on any atom is 0.233 e. The quantitative estimate of drug-likeness (QED) is 0.737. The fourth-order valence-electron chi connectivity index (χ4n) is 2.27. The lowest BCUT2D eigenvalue weighted by molar-refractivity contribution is -0.119. The van der Waals surface area contributed by atoms with Gasteiger partial charge in [-0.25, -0.2) is 0 Å². The third-order valence-corrected chi connectivity index (χ3v) is 3.68. The molecule has 1 atom stereocenters. The highest BCUT2D eigenvalue weighted by atomic mass is 35.5. The molecule has 0 aliphatic heterocycles. The molecule has 0 saturated heterocycles. The van der Waals surface area contributed by atoms with Gasteiger partial charge in [0.25, 0.3) is 0 Å². The van der Waals surface area contributed by atoms with Crippen molar-refractivity contribution in [1.82, 2.24) is 0 Å². The Hall–Kier alpha value is -2.37. The Balaban J connectivity index is 0.00000312. The van der Waals surface area contributed by atoms with Crippen LogP contribution in [0.5, 0.6) is 0 Å². The van der Waals surface area contributed by atoms with Gasteiger partial charge in [0.05, 0.1) is 5.92 Å². The zero-order valence-corrected chi connectivity index (χ0v) is 15.2. The van der Waals surface area contributed by atoms with Gasteiger partial charge in [0.15, 0.2) is 0 Å². The smallest absolute Gasteiger partial charge is 0.233 e. The molecule has 0 fully saturated rings. The van der Waals surface area contributed by atoms with Gasteiger partial charge in [0, 0.05) is 23.8 Å². The van der Waals surface area contributed by atoms with Gasteiger partial charge < -0.3 is 16.4 Å². The highest BCUT2D eigenvalue weighted by Gasteiger charge is 2.19. The number of nitrogens with two attached hydrogens (primary N) is 1. The van der Waals surface area contributed by atoms with Gasteiger partial charge in [0.1, 0.15) is 0 Å². The number of rotatable bonds is 6. The second-order valence-corrected chi connectivity index (χ2v) is 5.91. The van der Waals surface area contributed by atoms with Crippen LogP contribution in [0, 0.1) is 5.92 Å². The number of carbonyl (C=O) groups excluding carboxylic acids is 2. The first-order chi connectivity index (χ1) is 11.5. The van der Waals surface area contributed by atoms with Crippen LogP contribution in [0.25, 0.3) is 0 Å². The van der Waals surface area contributed by atoms with Crippen LogP contribution in [-0.2, 0) is 9.59 Å². The van der Waals surface area contributed by atoms with E-state index in [0.29, 0.717) is 11.4 Å². The zero-order chi connectivity index (χ0) is 17.5. The molecule has 2 aromatic carbocycles. The van der Waals surface area contributed by atoms with E-state index in [4.69, 9.17) is 5.73 Å². The summed E-state index contributed by atoms with van der Waals surface area (Å²) in [6.45, 7) is 3.87. The lowest BCUT2D eigenvalue weighted by atomic mass is 9.98. The van der Waals surface area contributed by atoms with Crippen LogP contribution in [0.1, 0.15) is 25.3 Å². The van der Waals surface area contributed by atoms with Crippen LogP contribution >= 0.6 is 12.4 Å². The molecule has 1 unspecified atom stereocenters. The summed E-state index contributed by atoms with van der Waals surface area (Å²) < 4.78 is 0. The van der Waals surface area contributed by atoms with Crippen LogP contribution < -0.4 is 16.4 Å². The van der Waals surface area contributed by atoms with Gasteiger partial charge in [-0.1, -0.05) is 50.2 Å². The molecule has 0 aromatic heterocycles. The first-order valence-corrected chi connectivity index (χ1v) is 7.98. The van der Waals surface area contributed by atoms with Crippen LogP contribution in [0.15, 0.2) is 54.6 Å². The van der Waals surface area contributed by atoms with E-state index in [1.54, 1.807) is 24.3 Å². The van der Waals surface area contributed by atoms with Crippen molar-refractivity contribution in [2.24, 2.45) is 11.7 Å². The second-order valence-electron chi connectivity index (χ2n) is 5.91. The Kier molecular flexibility index (Phi) is 8.11. The maximum atomic E-state index is 12.5. The predicted molar refractivity (Wildman–Crippen MR) is 104 cm³/mol. The molecule has 0 aliphatic carbocycles. The summed E-state index contributed by atoms with van der Waals surface area (Å²) in [6.07, 6.45) is 0. The Labute approximate surface area is 154 Å². The molecule has 6 heteroatoms. The predicted octanol–water partition coefficient (Wildman–Crippen LogP) is 3.38. The van der Waals surface area contributed by atoms with Gasteiger partial charge in [0.2, 0.25) is 11.8 Å². The summed E-state index contributed by atoms with van der Waals surface area (Å²) in [5.41, 5.74) is 7.92. The lowest BCUT2D eigenvalue weighted by Crippen LogP contribution is -2.27. The van der Waals surface area contributed by atoms with Gasteiger partial charge in [-0.3, -0.25) is 9.59 Å². The Bertz CT molecular complexity index is 705. The van der Waals surface area contributed by atoms with E-state index < -0.39 is 5.92 Å². The highest BCUT2D eigenvalue weighted by Crippen LogP contribution is 2.20. The van der Waals surface area contributed by atoms with Gasteiger partial charge in [-0.05, 0) is 23.8 Å². The van der Waals surface area contributed by atoms with E-state index in [1.165, 1.54) is 0 Å². The Morgan fingerprint density at radius 2 is 1.48 bits per heavy atom. The fraction of sp³-hybridized carbons (Fsp3) is 0.263. The third kappa shape index (κ3) is 5.89. The van der Waals surface area contributed by atoms with Crippen LogP contribution in [-0.4, -0.2) is 18.4 Å². The van der Waals surface area contributed by atoms with Crippen molar-refractivity contribution < 1.29 is 9.59 Å². The van der Waals surface area contributed by atoms with Gasteiger partial charge in [-0.15, -0.1) is 12.4 Å². The van der Waals surface area contributed by atoms with Crippen LogP contribution in [0.2, 0.25) is 0 Å². The molecule has 0 aliphatic rings. The minimum absolute atomic E-state index is 0. The molecule has 0 saturated carbocycles. The first-order valence-electron chi connectivity index (χ1n) is 7.98. The average Bonchev–Trinajstić information content (AvgIpc) is 2.56. The molecule has 2 aromatic rings. The molecule has 0 bridgehead atoms. The van der Waals surface area contributed by atoms with Crippen molar-refractivity contribution in [2.45, 2.75) is 19.8 Å². The average molecular weight is 362 g/mol. The van der Waals surface area contributed by atoms with Gasteiger partial charge >= 0.3 is 0 Å². The van der Waals surface area contributed by atoms with Crippen molar-refractivity contribution in [3.63, 3.8) is 0 Å². The number of nitrogens with one attached hydrogen (secondary N) is 2. The molecular formula is C19H24ClN3O2. The lowest BCUT2D eigenvalue weighted by Gasteiger charge is -2.16. The first kappa shape index (κ1) is 20.7. The molecule has 2 amide bonds. The summed E-state index contributed by atoms with van der Waals surface area (Å²) in [6, 6.07) is 16.5. The van der Waals surface area contributed by atoms with Crippen molar-refractivity contribution >= 4 is 35.6 Å². The van der Waals surface area contributed by atoms with Crippen molar-refractivity contribution in [3.05, 3.63) is 60.2 Å². The summed E-state index contributed by atoms with van der Waals surface area (Å²) in [5.74, 6) is -0.762. The van der Waals surface area contributed by atoms with E-state index in [2.05, 4.69) is 10.6 Å².